The first-order valence-electron chi connectivity index (χ1n) is 37.5. The normalized spacial score (nSPS) is 12.2. The molecule has 0 aromatic carbocycles. The van der Waals surface area contributed by atoms with Crippen LogP contribution in [0.3, 0.4) is 0 Å². The van der Waals surface area contributed by atoms with Crippen LogP contribution >= 0.6 is 0 Å². The number of carbonyl (C=O) groups is 3. The molecule has 6 heteroatoms. The van der Waals surface area contributed by atoms with Crippen molar-refractivity contribution in [3.8, 4) is 0 Å². The molecule has 0 rings (SSSR count). The van der Waals surface area contributed by atoms with Gasteiger partial charge in [0.2, 0.25) is 0 Å². The van der Waals surface area contributed by atoms with E-state index >= 15 is 0 Å². The summed E-state index contributed by atoms with van der Waals surface area (Å²) < 4.78 is 17.0. The van der Waals surface area contributed by atoms with Crippen molar-refractivity contribution in [3.63, 3.8) is 0 Å². The smallest absolute Gasteiger partial charge is 0.306 e. The number of ether oxygens (including phenoxy) is 3. The van der Waals surface area contributed by atoms with Gasteiger partial charge in [-0.25, -0.2) is 0 Å². The zero-order valence-electron chi connectivity index (χ0n) is 56.2. The number of allylic oxidation sites excluding steroid dienone is 6. The Hall–Kier alpha value is -2.37. The van der Waals surface area contributed by atoms with E-state index in [-0.39, 0.29) is 31.1 Å². The number of hydrogen-bond donors (Lipinski definition) is 0. The quantitative estimate of drug-likeness (QED) is 0.0261. The average molecular weight is 1170 g/mol. The van der Waals surface area contributed by atoms with Crippen LogP contribution in [0.25, 0.3) is 0 Å². The summed E-state index contributed by atoms with van der Waals surface area (Å²) in [5.74, 6) is -0.848. The standard InChI is InChI=1S/C77H144O6/c1-4-7-10-13-16-19-22-24-26-28-30-32-34-36-37-38-39-41-42-44-46-48-50-52-55-58-61-64-67-70-76(79)82-73-74(72-81-75(78)69-66-63-60-57-54-21-18-15-12-9-6-3)83-77(80)71-68-65-62-59-56-53-51-49-47-45-43-40-35-33-31-29-27-25-23-20-17-14-11-8-5-2/h15,18,22,24,28,30,74H,4-14,16-17,19-21,23,25-27,29,31-73H2,1-3H3/b18-15-,24-22-,30-28-. The maximum atomic E-state index is 13.0. The van der Waals surface area contributed by atoms with Gasteiger partial charge < -0.3 is 14.2 Å². The molecule has 1 atom stereocenters. The number of hydrogen-bond acceptors (Lipinski definition) is 6. The zero-order chi connectivity index (χ0) is 59.9. The Kier molecular flexibility index (Phi) is 70.0. The van der Waals surface area contributed by atoms with E-state index in [2.05, 4.69) is 57.2 Å². The van der Waals surface area contributed by atoms with Crippen molar-refractivity contribution in [1.29, 1.82) is 0 Å². The summed E-state index contributed by atoms with van der Waals surface area (Å²) in [5.41, 5.74) is 0. The number of rotatable bonds is 70. The molecule has 0 aliphatic rings. The lowest BCUT2D eigenvalue weighted by Crippen LogP contribution is -2.30. The molecule has 488 valence electrons. The molecular weight excluding hydrogens is 1020 g/mol. The molecule has 0 aliphatic heterocycles. The molecule has 0 heterocycles. The Labute approximate surface area is 518 Å². The van der Waals surface area contributed by atoms with Gasteiger partial charge in [0.15, 0.2) is 6.10 Å². The van der Waals surface area contributed by atoms with Gasteiger partial charge in [0.1, 0.15) is 13.2 Å². The monoisotopic (exact) mass is 1170 g/mol. The highest BCUT2D eigenvalue weighted by atomic mass is 16.6. The van der Waals surface area contributed by atoms with E-state index in [0.717, 1.165) is 70.6 Å². The van der Waals surface area contributed by atoms with Crippen molar-refractivity contribution in [2.45, 2.75) is 425 Å². The first-order chi connectivity index (χ1) is 41.0. The Balaban J connectivity index is 4.13. The second kappa shape index (κ2) is 72.1. The van der Waals surface area contributed by atoms with Crippen LogP contribution in [0.2, 0.25) is 0 Å². The van der Waals surface area contributed by atoms with Crippen molar-refractivity contribution in [1.82, 2.24) is 0 Å². The van der Waals surface area contributed by atoms with Gasteiger partial charge in [-0.05, 0) is 70.6 Å². The minimum absolute atomic E-state index is 0.0689. The van der Waals surface area contributed by atoms with Gasteiger partial charge in [0.05, 0.1) is 0 Å². The Bertz CT molecular complexity index is 1380. The van der Waals surface area contributed by atoms with E-state index in [1.165, 1.54) is 308 Å². The largest absolute Gasteiger partial charge is 0.462 e. The minimum atomic E-state index is -0.773. The van der Waals surface area contributed by atoms with Crippen molar-refractivity contribution >= 4 is 17.9 Å². The highest BCUT2D eigenvalue weighted by molar-refractivity contribution is 5.71. The lowest BCUT2D eigenvalue weighted by atomic mass is 10.0. The summed E-state index contributed by atoms with van der Waals surface area (Å²) in [6.07, 6.45) is 90.6. The lowest BCUT2D eigenvalue weighted by molar-refractivity contribution is -0.167. The third-order valence-electron chi connectivity index (χ3n) is 17.1. The van der Waals surface area contributed by atoms with E-state index in [9.17, 15) is 14.4 Å². The van der Waals surface area contributed by atoms with E-state index < -0.39 is 6.10 Å². The maximum absolute atomic E-state index is 13.0. The van der Waals surface area contributed by atoms with Crippen LogP contribution in [0.15, 0.2) is 36.5 Å². The van der Waals surface area contributed by atoms with E-state index in [1.807, 2.05) is 0 Å². The molecule has 0 spiro atoms. The van der Waals surface area contributed by atoms with Gasteiger partial charge >= 0.3 is 17.9 Å². The fraction of sp³-hybridized carbons (Fsp3) is 0.883. The Morgan fingerprint density at radius 3 is 0.711 bits per heavy atom. The molecule has 0 aromatic heterocycles. The van der Waals surface area contributed by atoms with Crippen molar-refractivity contribution in [2.75, 3.05) is 13.2 Å². The second-order valence-electron chi connectivity index (χ2n) is 25.6. The van der Waals surface area contributed by atoms with E-state index in [1.54, 1.807) is 0 Å². The fourth-order valence-electron chi connectivity index (χ4n) is 11.5. The Morgan fingerprint density at radius 1 is 0.241 bits per heavy atom. The van der Waals surface area contributed by atoms with Crippen LogP contribution in [0, 0.1) is 0 Å². The van der Waals surface area contributed by atoms with Crippen molar-refractivity contribution in [3.05, 3.63) is 36.5 Å². The van der Waals surface area contributed by atoms with Crippen LogP contribution in [-0.4, -0.2) is 37.2 Å². The van der Waals surface area contributed by atoms with Crippen molar-refractivity contribution < 1.29 is 28.6 Å². The number of unbranched alkanes of at least 4 members (excludes halogenated alkanes) is 53. The molecule has 0 amide bonds. The molecule has 0 aromatic rings. The van der Waals surface area contributed by atoms with Gasteiger partial charge in [-0.3, -0.25) is 14.4 Å². The molecule has 6 nitrogen and oxygen atoms in total. The van der Waals surface area contributed by atoms with E-state index in [4.69, 9.17) is 14.2 Å². The highest BCUT2D eigenvalue weighted by Gasteiger charge is 2.20. The first-order valence-corrected chi connectivity index (χ1v) is 37.5. The van der Waals surface area contributed by atoms with Gasteiger partial charge in [0, 0.05) is 19.3 Å². The molecule has 0 bridgehead atoms. The summed E-state index contributed by atoms with van der Waals surface area (Å²) in [5, 5.41) is 0. The summed E-state index contributed by atoms with van der Waals surface area (Å²) in [7, 11) is 0. The van der Waals surface area contributed by atoms with Crippen LogP contribution < -0.4 is 0 Å². The third kappa shape index (κ3) is 70.3. The van der Waals surface area contributed by atoms with Crippen LogP contribution in [0.4, 0.5) is 0 Å². The molecule has 0 radical (unpaired) electrons. The van der Waals surface area contributed by atoms with Gasteiger partial charge in [-0.2, -0.15) is 0 Å². The van der Waals surface area contributed by atoms with Crippen LogP contribution in [-0.2, 0) is 28.6 Å². The first kappa shape index (κ1) is 80.6. The number of esters is 3. The predicted octanol–water partition coefficient (Wildman–Crippen LogP) is 25.9. The molecule has 0 saturated heterocycles. The van der Waals surface area contributed by atoms with Gasteiger partial charge in [0.25, 0.3) is 0 Å². The average Bonchev–Trinajstić information content (AvgIpc) is 3.48. The molecule has 0 saturated carbocycles. The molecular formula is C77H144O6. The fourth-order valence-corrected chi connectivity index (χ4v) is 11.5. The number of carbonyl (C=O) groups excluding carboxylic acids is 3. The summed E-state index contributed by atoms with van der Waals surface area (Å²) in [6, 6.07) is 0. The zero-order valence-corrected chi connectivity index (χ0v) is 56.2. The molecule has 1 unspecified atom stereocenters. The molecule has 0 aliphatic carbocycles. The third-order valence-corrected chi connectivity index (χ3v) is 17.1. The van der Waals surface area contributed by atoms with Crippen molar-refractivity contribution in [2.24, 2.45) is 0 Å². The van der Waals surface area contributed by atoms with Gasteiger partial charge in [-0.1, -0.05) is 365 Å². The van der Waals surface area contributed by atoms with E-state index in [0.29, 0.717) is 19.3 Å². The summed E-state index contributed by atoms with van der Waals surface area (Å²) in [6.45, 7) is 6.67. The SMILES string of the molecule is CCCC/C=C\CCCCCCCC(=O)OCC(COC(=O)CCCCCCCCCCCCCCCCCCC/C=C\C/C=C\CCCCCCC)OC(=O)CCCCCCCCCCCCCCCCCCCCCCCCCCC. The molecule has 0 fully saturated rings. The summed E-state index contributed by atoms with van der Waals surface area (Å²) in [4.78, 5) is 38.4. The lowest BCUT2D eigenvalue weighted by Gasteiger charge is -2.18. The Morgan fingerprint density at radius 2 is 0.446 bits per heavy atom. The summed E-state index contributed by atoms with van der Waals surface area (Å²) >= 11 is 0. The highest BCUT2D eigenvalue weighted by Crippen LogP contribution is 2.19. The second-order valence-corrected chi connectivity index (χ2v) is 25.6. The molecule has 0 N–H and O–H groups in total. The van der Waals surface area contributed by atoms with Gasteiger partial charge in [-0.15, -0.1) is 0 Å². The predicted molar refractivity (Wildman–Crippen MR) is 362 cm³/mol. The topological polar surface area (TPSA) is 78.9 Å². The molecule has 83 heavy (non-hydrogen) atoms. The van der Waals surface area contributed by atoms with Crippen LogP contribution in [0.5, 0.6) is 0 Å². The van der Waals surface area contributed by atoms with Crippen LogP contribution in [0.1, 0.15) is 419 Å². The maximum Gasteiger partial charge on any atom is 0.306 e. The minimum Gasteiger partial charge on any atom is -0.462 e.